The number of hydrogen-bond donors (Lipinski definition) is 1. The summed E-state index contributed by atoms with van der Waals surface area (Å²) in [6.45, 7) is 9.47. The third-order valence-corrected chi connectivity index (χ3v) is 8.75. The minimum atomic E-state index is -0.756. The molecule has 0 radical (unpaired) electrons. The Bertz CT molecular complexity index is 1170. The first kappa shape index (κ1) is 27.0. The van der Waals surface area contributed by atoms with E-state index in [1.54, 1.807) is 9.80 Å². The first-order valence-electron chi connectivity index (χ1n) is 14.3. The summed E-state index contributed by atoms with van der Waals surface area (Å²) in [5.41, 5.74) is 2.21. The molecule has 0 atom stereocenters. The minimum absolute atomic E-state index is 0.00517. The SMILES string of the molecule is CC1CCN(C(=O)CN2CN(c3ccccc3)C3(CCN(C(=O)Nc4ccc(C(C)C)cc4)CC3)C2=O)CC1. The average Bonchev–Trinajstić information content (AvgIpc) is 3.20. The van der Waals surface area contributed by atoms with E-state index >= 15 is 0 Å². The Labute approximate surface area is 231 Å². The molecule has 8 heteroatoms. The monoisotopic (exact) mass is 531 g/mol. The molecule has 4 amide bonds. The maximum Gasteiger partial charge on any atom is 0.321 e. The lowest BCUT2D eigenvalue weighted by Gasteiger charge is -2.43. The summed E-state index contributed by atoms with van der Waals surface area (Å²) in [7, 11) is 0. The first-order valence-corrected chi connectivity index (χ1v) is 14.3. The van der Waals surface area contributed by atoms with E-state index in [0.29, 0.717) is 44.4 Å². The average molecular weight is 532 g/mol. The molecule has 3 aliphatic heterocycles. The molecule has 2 aromatic carbocycles. The first-order chi connectivity index (χ1) is 18.8. The second kappa shape index (κ2) is 11.3. The topological polar surface area (TPSA) is 76.2 Å². The number of carbonyl (C=O) groups is 3. The van der Waals surface area contributed by atoms with Gasteiger partial charge in [-0.3, -0.25) is 9.59 Å². The molecule has 1 spiro atoms. The molecule has 0 saturated carbocycles. The summed E-state index contributed by atoms with van der Waals surface area (Å²) in [5.74, 6) is 1.10. The summed E-state index contributed by atoms with van der Waals surface area (Å²) in [4.78, 5) is 47.8. The summed E-state index contributed by atoms with van der Waals surface area (Å²) in [5, 5.41) is 3.01. The smallest absolute Gasteiger partial charge is 0.321 e. The Morgan fingerprint density at radius 1 is 0.923 bits per heavy atom. The number of benzene rings is 2. The standard InChI is InChI=1S/C31H41N5O3/c1-23(2)25-9-11-26(12-10-25)32-30(39)34-19-15-31(16-20-34)29(38)35(22-36(31)27-7-5-4-6-8-27)21-28(37)33-17-13-24(3)14-18-33/h4-12,23-24H,13-22H2,1-3H3,(H,32,39). The predicted molar refractivity (Wildman–Crippen MR) is 154 cm³/mol. The molecule has 3 aliphatic rings. The van der Waals surface area contributed by atoms with Gasteiger partial charge in [0.1, 0.15) is 12.1 Å². The number of nitrogens with one attached hydrogen (secondary N) is 1. The van der Waals surface area contributed by atoms with E-state index in [1.807, 2.05) is 59.5 Å². The lowest BCUT2D eigenvalue weighted by molar-refractivity contribution is -0.141. The van der Waals surface area contributed by atoms with Crippen LogP contribution in [0.4, 0.5) is 16.2 Å². The second-order valence-corrected chi connectivity index (χ2v) is 11.7. The van der Waals surface area contributed by atoms with Crippen molar-refractivity contribution in [3.8, 4) is 0 Å². The van der Waals surface area contributed by atoms with Crippen LogP contribution < -0.4 is 10.2 Å². The van der Waals surface area contributed by atoms with Crippen LogP contribution in [-0.4, -0.2) is 77.5 Å². The fourth-order valence-electron chi connectivity index (χ4n) is 6.08. The van der Waals surface area contributed by atoms with E-state index in [4.69, 9.17) is 0 Å². The zero-order valence-electron chi connectivity index (χ0n) is 23.4. The predicted octanol–water partition coefficient (Wildman–Crippen LogP) is 4.74. The van der Waals surface area contributed by atoms with Crippen LogP contribution in [0, 0.1) is 5.92 Å². The van der Waals surface area contributed by atoms with E-state index in [9.17, 15) is 14.4 Å². The van der Waals surface area contributed by atoms with Crippen molar-refractivity contribution < 1.29 is 14.4 Å². The van der Waals surface area contributed by atoms with Crippen LogP contribution in [0.3, 0.4) is 0 Å². The molecular weight excluding hydrogens is 490 g/mol. The molecule has 0 aliphatic carbocycles. The van der Waals surface area contributed by atoms with Crippen LogP contribution in [-0.2, 0) is 9.59 Å². The van der Waals surface area contributed by atoms with E-state index in [2.05, 4.69) is 31.0 Å². The molecule has 5 rings (SSSR count). The van der Waals surface area contributed by atoms with Gasteiger partial charge < -0.3 is 24.9 Å². The molecule has 3 fully saturated rings. The van der Waals surface area contributed by atoms with Gasteiger partial charge in [-0.25, -0.2) is 4.79 Å². The third-order valence-electron chi connectivity index (χ3n) is 8.75. The molecule has 2 aromatic rings. The Hall–Kier alpha value is -3.55. The summed E-state index contributed by atoms with van der Waals surface area (Å²) in [6.07, 6.45) is 3.07. The normalized spacial score (nSPS) is 19.7. The molecule has 3 heterocycles. The quantitative estimate of drug-likeness (QED) is 0.605. The summed E-state index contributed by atoms with van der Waals surface area (Å²) < 4.78 is 0. The van der Waals surface area contributed by atoms with Gasteiger partial charge in [0.15, 0.2) is 0 Å². The highest BCUT2D eigenvalue weighted by molar-refractivity contribution is 5.97. The van der Waals surface area contributed by atoms with Gasteiger partial charge in [0.05, 0.1) is 6.67 Å². The highest BCUT2D eigenvalue weighted by Gasteiger charge is 2.54. The van der Waals surface area contributed by atoms with Crippen molar-refractivity contribution in [2.75, 3.05) is 49.6 Å². The highest BCUT2D eigenvalue weighted by Crippen LogP contribution is 2.39. The van der Waals surface area contributed by atoms with Gasteiger partial charge in [-0.2, -0.15) is 0 Å². The molecule has 1 N–H and O–H groups in total. The number of carbonyl (C=O) groups excluding carboxylic acids is 3. The zero-order valence-corrected chi connectivity index (χ0v) is 23.4. The van der Waals surface area contributed by atoms with E-state index in [0.717, 1.165) is 37.3 Å². The molecule has 208 valence electrons. The number of rotatable bonds is 5. The molecule has 0 unspecified atom stereocenters. The lowest BCUT2D eigenvalue weighted by atomic mass is 9.85. The highest BCUT2D eigenvalue weighted by atomic mass is 16.2. The molecule has 0 aromatic heterocycles. The van der Waals surface area contributed by atoms with E-state index < -0.39 is 5.54 Å². The maximum absolute atomic E-state index is 14.0. The van der Waals surface area contributed by atoms with Crippen molar-refractivity contribution in [1.29, 1.82) is 0 Å². The van der Waals surface area contributed by atoms with Crippen LogP contribution in [0.1, 0.15) is 57.9 Å². The second-order valence-electron chi connectivity index (χ2n) is 11.7. The van der Waals surface area contributed by atoms with Gasteiger partial charge in [-0.15, -0.1) is 0 Å². The Morgan fingerprint density at radius 2 is 1.56 bits per heavy atom. The zero-order chi connectivity index (χ0) is 27.6. The van der Waals surface area contributed by atoms with Gasteiger partial charge in [0.2, 0.25) is 5.91 Å². The van der Waals surface area contributed by atoms with E-state index in [1.165, 1.54) is 5.56 Å². The number of urea groups is 1. The Balaban J connectivity index is 1.27. The Kier molecular flexibility index (Phi) is 7.82. The van der Waals surface area contributed by atoms with Crippen molar-refractivity contribution in [1.82, 2.24) is 14.7 Å². The van der Waals surface area contributed by atoms with Gasteiger partial charge in [-0.05, 0) is 67.3 Å². The third kappa shape index (κ3) is 5.60. The van der Waals surface area contributed by atoms with Crippen LogP contribution in [0.5, 0.6) is 0 Å². The van der Waals surface area contributed by atoms with Crippen LogP contribution in [0.15, 0.2) is 54.6 Å². The molecular formula is C31H41N5O3. The Morgan fingerprint density at radius 3 is 2.18 bits per heavy atom. The molecule has 8 nitrogen and oxygen atoms in total. The van der Waals surface area contributed by atoms with Gasteiger partial charge in [0, 0.05) is 37.6 Å². The van der Waals surface area contributed by atoms with Crippen LogP contribution in [0.25, 0.3) is 0 Å². The lowest BCUT2D eigenvalue weighted by Crippen LogP contribution is -2.58. The van der Waals surface area contributed by atoms with Crippen LogP contribution >= 0.6 is 0 Å². The molecule has 0 bridgehead atoms. The largest absolute Gasteiger partial charge is 0.341 e. The van der Waals surface area contributed by atoms with Crippen molar-refractivity contribution in [3.63, 3.8) is 0 Å². The summed E-state index contributed by atoms with van der Waals surface area (Å²) >= 11 is 0. The number of amides is 4. The number of nitrogens with zero attached hydrogens (tertiary/aromatic N) is 4. The van der Waals surface area contributed by atoms with E-state index in [-0.39, 0.29) is 24.4 Å². The van der Waals surface area contributed by atoms with Gasteiger partial charge >= 0.3 is 6.03 Å². The molecule has 3 saturated heterocycles. The van der Waals surface area contributed by atoms with Crippen LogP contribution in [0.2, 0.25) is 0 Å². The maximum atomic E-state index is 14.0. The number of anilines is 2. The van der Waals surface area contributed by atoms with Crippen molar-refractivity contribution in [2.45, 2.75) is 57.9 Å². The van der Waals surface area contributed by atoms with Gasteiger partial charge in [-0.1, -0.05) is 51.1 Å². The van der Waals surface area contributed by atoms with Gasteiger partial charge in [0.25, 0.3) is 5.91 Å². The molecule has 39 heavy (non-hydrogen) atoms. The number of piperidine rings is 2. The van der Waals surface area contributed by atoms with Crippen molar-refractivity contribution in [2.24, 2.45) is 5.92 Å². The fourth-order valence-corrected chi connectivity index (χ4v) is 6.08. The fraction of sp³-hybridized carbons (Fsp3) is 0.516. The van der Waals surface area contributed by atoms with Crippen molar-refractivity contribution in [3.05, 3.63) is 60.2 Å². The number of hydrogen-bond acceptors (Lipinski definition) is 4. The van der Waals surface area contributed by atoms with Crippen molar-refractivity contribution >= 4 is 29.2 Å². The number of likely N-dealkylation sites (tertiary alicyclic amines) is 2. The summed E-state index contributed by atoms with van der Waals surface area (Å²) in [6, 6.07) is 17.8. The number of para-hydroxylation sites is 1. The minimum Gasteiger partial charge on any atom is -0.341 e.